The van der Waals surface area contributed by atoms with E-state index in [9.17, 15) is 9.18 Å². The van der Waals surface area contributed by atoms with Gasteiger partial charge in [0.15, 0.2) is 0 Å². The van der Waals surface area contributed by atoms with Crippen molar-refractivity contribution < 1.29 is 9.18 Å². The fraction of sp³-hybridized carbons (Fsp3) is 0.333. The van der Waals surface area contributed by atoms with Crippen LogP contribution in [0.2, 0.25) is 0 Å². The van der Waals surface area contributed by atoms with Gasteiger partial charge in [0, 0.05) is 29.2 Å². The van der Waals surface area contributed by atoms with Gasteiger partial charge in [0.1, 0.15) is 11.6 Å². The van der Waals surface area contributed by atoms with Crippen LogP contribution in [0.3, 0.4) is 0 Å². The summed E-state index contributed by atoms with van der Waals surface area (Å²) in [5.74, 6) is 0.670. The van der Waals surface area contributed by atoms with E-state index in [-0.39, 0.29) is 17.0 Å². The van der Waals surface area contributed by atoms with Crippen LogP contribution in [0.4, 0.5) is 4.39 Å². The second-order valence-electron chi connectivity index (χ2n) is 4.88. The molecule has 1 aliphatic rings. The molecule has 0 saturated carbocycles. The monoisotopic (exact) mass is 307 g/mol. The Hall–Kier alpha value is -1.20. The summed E-state index contributed by atoms with van der Waals surface area (Å²) in [5, 5.41) is 3.24. The molecule has 1 aliphatic heterocycles. The van der Waals surface area contributed by atoms with Gasteiger partial charge >= 0.3 is 0 Å². The van der Waals surface area contributed by atoms with E-state index in [0.29, 0.717) is 11.5 Å². The number of nitrogens with zero attached hydrogens (tertiary/aromatic N) is 1. The highest BCUT2D eigenvalue weighted by Crippen LogP contribution is 2.40. The summed E-state index contributed by atoms with van der Waals surface area (Å²) in [6.07, 6.45) is 3.32. The van der Waals surface area contributed by atoms with Gasteiger partial charge in [-0.15, -0.1) is 23.1 Å². The van der Waals surface area contributed by atoms with Crippen LogP contribution in [0, 0.1) is 11.7 Å². The molecule has 2 heterocycles. The molecule has 0 amide bonds. The number of benzene rings is 1. The average molecular weight is 307 g/mol. The minimum Gasteiger partial charge on any atom is -0.298 e. The van der Waals surface area contributed by atoms with Crippen LogP contribution in [0.15, 0.2) is 35.8 Å². The molecule has 2 unspecified atom stereocenters. The van der Waals surface area contributed by atoms with Crippen molar-refractivity contribution >= 4 is 28.9 Å². The van der Waals surface area contributed by atoms with E-state index in [1.807, 2.05) is 17.5 Å². The number of halogens is 1. The number of thioether (sulfide) groups is 1. The minimum absolute atomic E-state index is 0.0393. The first-order valence-corrected chi connectivity index (χ1v) is 8.43. The molecule has 3 rings (SSSR count). The number of carbonyl (C=O) groups excluding carboxylic acids is 1. The molecule has 1 fully saturated rings. The first-order valence-electron chi connectivity index (χ1n) is 6.50. The molecule has 20 heavy (non-hydrogen) atoms. The summed E-state index contributed by atoms with van der Waals surface area (Å²) in [6.45, 7) is 0. The fourth-order valence-electron chi connectivity index (χ4n) is 2.43. The van der Waals surface area contributed by atoms with E-state index in [4.69, 9.17) is 0 Å². The van der Waals surface area contributed by atoms with Gasteiger partial charge in [-0.05, 0) is 24.1 Å². The van der Waals surface area contributed by atoms with E-state index in [1.54, 1.807) is 29.3 Å². The maximum absolute atomic E-state index is 13.0. The Bertz CT molecular complexity index is 582. The Kier molecular flexibility index (Phi) is 4.17. The molecule has 104 valence electrons. The summed E-state index contributed by atoms with van der Waals surface area (Å²) < 4.78 is 13.0. The Labute approximate surface area is 125 Å². The number of carbonyl (C=O) groups is 1. The number of Topliss-reactive ketones (excluding diaryl/α,β-unsaturated/α-hetero) is 1. The molecule has 0 bridgehead atoms. The molecule has 2 atom stereocenters. The van der Waals surface area contributed by atoms with Crippen molar-refractivity contribution in [2.24, 2.45) is 5.92 Å². The van der Waals surface area contributed by atoms with Crippen LogP contribution in [0.25, 0.3) is 0 Å². The number of thiazole rings is 1. The highest BCUT2D eigenvalue weighted by molar-refractivity contribution is 8.00. The van der Waals surface area contributed by atoms with E-state index in [1.165, 1.54) is 12.1 Å². The standard InChI is InChI=1S/C15H14FNOS2/c16-12-3-1-10(2-4-12)14-7-11(13(18)9-20-14)8-15-17-5-6-19-15/h1-6,11,14H,7-9H2. The van der Waals surface area contributed by atoms with Crippen LogP contribution in [0.1, 0.15) is 22.2 Å². The van der Waals surface area contributed by atoms with Gasteiger partial charge in [0.25, 0.3) is 0 Å². The molecule has 1 aromatic heterocycles. The highest BCUT2D eigenvalue weighted by Gasteiger charge is 2.30. The molecule has 5 heteroatoms. The molecule has 1 aromatic carbocycles. The number of rotatable bonds is 3. The molecule has 2 nitrogen and oxygen atoms in total. The Morgan fingerprint density at radius 2 is 2.10 bits per heavy atom. The minimum atomic E-state index is -0.218. The average Bonchev–Trinajstić information content (AvgIpc) is 2.95. The van der Waals surface area contributed by atoms with E-state index < -0.39 is 0 Å². The van der Waals surface area contributed by atoms with E-state index >= 15 is 0 Å². The lowest BCUT2D eigenvalue weighted by Crippen LogP contribution is -2.26. The number of ketones is 1. The highest BCUT2D eigenvalue weighted by atomic mass is 32.2. The summed E-state index contributed by atoms with van der Waals surface area (Å²) in [7, 11) is 0. The second-order valence-corrected chi connectivity index (χ2v) is 7.05. The van der Waals surface area contributed by atoms with Crippen LogP contribution in [-0.4, -0.2) is 16.5 Å². The lowest BCUT2D eigenvalue weighted by atomic mass is 9.92. The first-order chi connectivity index (χ1) is 9.72. The molecule has 0 aliphatic carbocycles. The molecular formula is C15H14FNOS2. The second kappa shape index (κ2) is 6.06. The molecule has 2 aromatic rings. The maximum atomic E-state index is 13.0. The fourth-order valence-corrected chi connectivity index (χ4v) is 4.45. The normalized spacial score (nSPS) is 22.9. The van der Waals surface area contributed by atoms with Gasteiger partial charge in [-0.1, -0.05) is 12.1 Å². The van der Waals surface area contributed by atoms with Gasteiger partial charge in [0.05, 0.1) is 10.8 Å². The topological polar surface area (TPSA) is 30.0 Å². The van der Waals surface area contributed by atoms with Gasteiger partial charge in [-0.25, -0.2) is 9.37 Å². The van der Waals surface area contributed by atoms with Crippen molar-refractivity contribution in [3.63, 3.8) is 0 Å². The van der Waals surface area contributed by atoms with Crippen LogP contribution in [0.5, 0.6) is 0 Å². The van der Waals surface area contributed by atoms with E-state index in [0.717, 1.165) is 23.4 Å². The van der Waals surface area contributed by atoms with Crippen molar-refractivity contribution in [3.8, 4) is 0 Å². The maximum Gasteiger partial charge on any atom is 0.146 e. The summed E-state index contributed by atoms with van der Waals surface area (Å²) >= 11 is 3.26. The Balaban J connectivity index is 1.72. The zero-order valence-electron chi connectivity index (χ0n) is 10.8. The third-order valence-corrected chi connectivity index (χ3v) is 5.65. The number of hydrogen-bond acceptors (Lipinski definition) is 4. The van der Waals surface area contributed by atoms with Crippen LogP contribution in [-0.2, 0) is 11.2 Å². The Morgan fingerprint density at radius 3 is 2.80 bits per heavy atom. The van der Waals surface area contributed by atoms with Gasteiger partial charge in [0.2, 0.25) is 0 Å². The van der Waals surface area contributed by atoms with Gasteiger partial charge < -0.3 is 0 Å². The zero-order chi connectivity index (χ0) is 13.9. The largest absolute Gasteiger partial charge is 0.298 e. The summed E-state index contributed by atoms with van der Waals surface area (Å²) in [4.78, 5) is 16.3. The van der Waals surface area contributed by atoms with Crippen LogP contribution >= 0.6 is 23.1 Å². The van der Waals surface area contributed by atoms with Crippen LogP contribution < -0.4 is 0 Å². The molecule has 0 N–H and O–H groups in total. The zero-order valence-corrected chi connectivity index (χ0v) is 12.4. The quantitative estimate of drug-likeness (QED) is 0.862. The van der Waals surface area contributed by atoms with Crippen molar-refractivity contribution in [2.75, 3.05) is 5.75 Å². The number of hydrogen-bond donors (Lipinski definition) is 0. The lowest BCUT2D eigenvalue weighted by molar-refractivity contribution is -0.120. The predicted octanol–water partition coefficient (Wildman–Crippen LogP) is 3.89. The third-order valence-electron chi connectivity index (χ3n) is 3.53. The third kappa shape index (κ3) is 3.10. The van der Waals surface area contributed by atoms with E-state index in [2.05, 4.69) is 4.98 Å². The molecular weight excluding hydrogens is 293 g/mol. The molecule has 0 spiro atoms. The van der Waals surface area contributed by atoms with Crippen molar-refractivity contribution in [2.45, 2.75) is 18.1 Å². The van der Waals surface area contributed by atoms with Gasteiger partial charge in [-0.3, -0.25) is 4.79 Å². The van der Waals surface area contributed by atoms with Gasteiger partial charge in [-0.2, -0.15) is 0 Å². The first kappa shape index (κ1) is 13.8. The molecule has 0 radical (unpaired) electrons. The lowest BCUT2D eigenvalue weighted by Gasteiger charge is -2.27. The molecule has 1 saturated heterocycles. The predicted molar refractivity (Wildman–Crippen MR) is 80.5 cm³/mol. The SMILES string of the molecule is O=C1CSC(c2ccc(F)cc2)CC1Cc1nccs1. The number of aromatic nitrogens is 1. The van der Waals surface area contributed by atoms with Crippen molar-refractivity contribution in [3.05, 3.63) is 52.2 Å². The smallest absolute Gasteiger partial charge is 0.146 e. The van der Waals surface area contributed by atoms with Crippen molar-refractivity contribution in [1.82, 2.24) is 4.98 Å². The van der Waals surface area contributed by atoms with Crippen molar-refractivity contribution in [1.29, 1.82) is 0 Å². The Morgan fingerprint density at radius 1 is 1.30 bits per heavy atom. The summed E-state index contributed by atoms with van der Waals surface area (Å²) in [6, 6.07) is 6.62. The summed E-state index contributed by atoms with van der Waals surface area (Å²) in [5.41, 5.74) is 1.10.